The zero-order valence-corrected chi connectivity index (χ0v) is 14.3. The summed E-state index contributed by atoms with van der Waals surface area (Å²) in [6.07, 6.45) is 0. The molecule has 5 heteroatoms. The van der Waals surface area contributed by atoms with E-state index in [4.69, 9.17) is 4.98 Å². The third kappa shape index (κ3) is 3.84. The summed E-state index contributed by atoms with van der Waals surface area (Å²) in [7, 11) is 2.14. The molecule has 1 saturated heterocycles. The molecule has 2 heterocycles. The van der Waals surface area contributed by atoms with E-state index in [1.807, 2.05) is 24.3 Å². The van der Waals surface area contributed by atoms with Crippen LogP contribution >= 0.6 is 0 Å². The maximum atomic E-state index is 9.35. The maximum absolute atomic E-state index is 9.35. The Morgan fingerprint density at radius 1 is 1.08 bits per heavy atom. The van der Waals surface area contributed by atoms with Gasteiger partial charge in [0.25, 0.3) is 0 Å². The molecule has 0 bridgehead atoms. The van der Waals surface area contributed by atoms with Gasteiger partial charge >= 0.3 is 0 Å². The highest BCUT2D eigenvalue weighted by Gasteiger charge is 2.16. The molecule has 2 aromatic rings. The Labute approximate surface area is 143 Å². The molecular weight excluding hydrogens is 298 g/mol. The van der Waals surface area contributed by atoms with Gasteiger partial charge in [0.15, 0.2) is 0 Å². The second-order valence-electron chi connectivity index (χ2n) is 6.29. The van der Waals surface area contributed by atoms with Crippen molar-refractivity contribution >= 4 is 11.5 Å². The van der Waals surface area contributed by atoms with Crippen LogP contribution < -0.4 is 10.2 Å². The summed E-state index contributed by atoms with van der Waals surface area (Å²) in [4.78, 5) is 9.35. The molecule has 124 valence electrons. The van der Waals surface area contributed by atoms with E-state index < -0.39 is 0 Å². The van der Waals surface area contributed by atoms with E-state index in [1.165, 1.54) is 5.56 Å². The van der Waals surface area contributed by atoms with Gasteiger partial charge < -0.3 is 15.1 Å². The molecule has 0 atom stereocenters. The van der Waals surface area contributed by atoms with Crippen LogP contribution in [-0.2, 0) is 6.54 Å². The number of likely N-dealkylation sites (N-methyl/N-ethyl adjacent to an activating group) is 1. The fourth-order valence-corrected chi connectivity index (χ4v) is 2.80. The average molecular weight is 321 g/mol. The number of anilines is 2. The van der Waals surface area contributed by atoms with Crippen molar-refractivity contribution in [2.45, 2.75) is 13.5 Å². The van der Waals surface area contributed by atoms with Crippen LogP contribution in [0.5, 0.6) is 0 Å². The molecule has 5 nitrogen and oxygen atoms in total. The minimum atomic E-state index is 0.549. The summed E-state index contributed by atoms with van der Waals surface area (Å²) in [5.41, 5.74) is 3.70. The van der Waals surface area contributed by atoms with Gasteiger partial charge in [0.05, 0.1) is 17.8 Å². The van der Waals surface area contributed by atoms with Gasteiger partial charge in [-0.15, -0.1) is 0 Å². The number of nitriles is 1. The van der Waals surface area contributed by atoms with Crippen molar-refractivity contribution in [3.63, 3.8) is 0 Å². The van der Waals surface area contributed by atoms with Crippen molar-refractivity contribution in [1.29, 1.82) is 5.26 Å². The third-order valence-electron chi connectivity index (χ3n) is 4.42. The van der Waals surface area contributed by atoms with Crippen LogP contribution in [0.1, 0.15) is 16.8 Å². The highest BCUT2D eigenvalue weighted by atomic mass is 15.3. The molecule has 1 aromatic carbocycles. The lowest BCUT2D eigenvalue weighted by molar-refractivity contribution is 0.312. The highest BCUT2D eigenvalue weighted by molar-refractivity contribution is 5.49. The minimum Gasteiger partial charge on any atom is -0.379 e. The van der Waals surface area contributed by atoms with Crippen molar-refractivity contribution in [1.82, 2.24) is 9.88 Å². The molecule has 24 heavy (non-hydrogen) atoms. The number of aromatic nitrogens is 1. The Morgan fingerprint density at radius 3 is 2.46 bits per heavy atom. The van der Waals surface area contributed by atoms with Gasteiger partial charge in [-0.1, -0.05) is 17.7 Å². The van der Waals surface area contributed by atoms with Crippen LogP contribution in [0, 0.1) is 18.3 Å². The highest BCUT2D eigenvalue weighted by Crippen LogP contribution is 2.18. The number of nitrogens with zero attached hydrogens (tertiary/aromatic N) is 4. The normalized spacial score (nSPS) is 15.1. The van der Waals surface area contributed by atoms with Crippen molar-refractivity contribution < 1.29 is 0 Å². The first kappa shape index (κ1) is 16.3. The Bertz CT molecular complexity index is 724. The largest absolute Gasteiger partial charge is 0.379 e. The Morgan fingerprint density at radius 2 is 1.79 bits per heavy atom. The zero-order valence-electron chi connectivity index (χ0n) is 14.3. The van der Waals surface area contributed by atoms with Crippen LogP contribution in [0.3, 0.4) is 0 Å². The Balaban J connectivity index is 1.74. The topological polar surface area (TPSA) is 55.2 Å². The van der Waals surface area contributed by atoms with Crippen LogP contribution in [0.15, 0.2) is 36.4 Å². The predicted octanol–water partition coefficient (Wildman–Crippen LogP) is 2.63. The van der Waals surface area contributed by atoms with Gasteiger partial charge in [-0.05, 0) is 38.2 Å². The van der Waals surface area contributed by atoms with Crippen LogP contribution in [0.2, 0.25) is 0 Å². The molecule has 0 radical (unpaired) electrons. The smallest absolute Gasteiger partial charge is 0.129 e. The Kier molecular flexibility index (Phi) is 4.97. The number of pyridine rings is 1. The molecule has 1 aliphatic heterocycles. The lowest BCUT2D eigenvalue weighted by Crippen LogP contribution is -2.44. The molecule has 0 spiro atoms. The first-order chi connectivity index (χ1) is 11.7. The van der Waals surface area contributed by atoms with E-state index in [-0.39, 0.29) is 0 Å². The molecule has 0 unspecified atom stereocenters. The van der Waals surface area contributed by atoms with Gasteiger partial charge in [0, 0.05) is 31.9 Å². The van der Waals surface area contributed by atoms with Gasteiger partial charge in [0.2, 0.25) is 0 Å². The Hall–Kier alpha value is -2.58. The number of hydrogen-bond donors (Lipinski definition) is 1. The van der Waals surface area contributed by atoms with E-state index in [1.54, 1.807) is 0 Å². The van der Waals surface area contributed by atoms with E-state index in [0.29, 0.717) is 12.1 Å². The van der Waals surface area contributed by atoms with Gasteiger partial charge in [-0.3, -0.25) is 0 Å². The lowest BCUT2D eigenvalue weighted by Gasteiger charge is -2.33. The van der Waals surface area contributed by atoms with E-state index in [2.05, 4.69) is 47.3 Å². The molecule has 3 rings (SSSR count). The first-order valence-corrected chi connectivity index (χ1v) is 8.30. The van der Waals surface area contributed by atoms with Crippen molar-refractivity contribution in [2.75, 3.05) is 43.4 Å². The van der Waals surface area contributed by atoms with Crippen LogP contribution in [-0.4, -0.2) is 43.1 Å². The average Bonchev–Trinajstić information content (AvgIpc) is 2.61. The summed E-state index contributed by atoms with van der Waals surface area (Å²) in [5.74, 6) is 0.961. The molecule has 1 fully saturated rings. The van der Waals surface area contributed by atoms with E-state index in [0.717, 1.165) is 43.4 Å². The van der Waals surface area contributed by atoms with Crippen molar-refractivity contribution in [2.24, 2.45) is 0 Å². The maximum Gasteiger partial charge on any atom is 0.129 e. The summed E-state index contributed by atoms with van der Waals surface area (Å²) < 4.78 is 0. The second kappa shape index (κ2) is 7.33. The molecule has 0 aliphatic carbocycles. The number of benzene rings is 1. The van der Waals surface area contributed by atoms with Crippen LogP contribution in [0.4, 0.5) is 11.5 Å². The molecular formula is C19H23N5. The van der Waals surface area contributed by atoms with E-state index >= 15 is 0 Å². The molecule has 1 N–H and O–H groups in total. The third-order valence-corrected chi connectivity index (χ3v) is 4.42. The number of aryl methyl sites for hydroxylation is 1. The van der Waals surface area contributed by atoms with Gasteiger partial charge in [-0.25, -0.2) is 4.98 Å². The standard InChI is InChI=1S/C19H23N5/c1-15-3-6-17(7-4-15)21-14-18-16(13-20)5-8-19(22-18)24-11-9-23(2)10-12-24/h3-8,21H,9-12,14H2,1-2H3. The van der Waals surface area contributed by atoms with Gasteiger partial charge in [-0.2, -0.15) is 5.26 Å². The lowest BCUT2D eigenvalue weighted by atomic mass is 10.2. The van der Waals surface area contributed by atoms with Crippen molar-refractivity contribution in [3.8, 4) is 6.07 Å². The minimum absolute atomic E-state index is 0.549. The summed E-state index contributed by atoms with van der Waals surface area (Å²) in [5, 5.41) is 12.7. The molecule has 1 aliphatic rings. The fourth-order valence-electron chi connectivity index (χ4n) is 2.80. The van der Waals surface area contributed by atoms with E-state index in [9.17, 15) is 5.26 Å². The summed E-state index contributed by atoms with van der Waals surface area (Å²) >= 11 is 0. The predicted molar refractivity (Wildman–Crippen MR) is 97.2 cm³/mol. The number of piperazine rings is 1. The van der Waals surface area contributed by atoms with Crippen LogP contribution in [0.25, 0.3) is 0 Å². The molecule has 0 saturated carbocycles. The monoisotopic (exact) mass is 321 g/mol. The quantitative estimate of drug-likeness (QED) is 0.938. The summed E-state index contributed by atoms with van der Waals surface area (Å²) in [6.45, 7) is 6.64. The van der Waals surface area contributed by atoms with Gasteiger partial charge in [0.1, 0.15) is 11.9 Å². The fraction of sp³-hybridized carbons (Fsp3) is 0.368. The van der Waals surface area contributed by atoms with Crippen molar-refractivity contribution in [3.05, 3.63) is 53.2 Å². The number of nitrogens with one attached hydrogen (secondary N) is 1. The number of hydrogen-bond acceptors (Lipinski definition) is 5. The number of rotatable bonds is 4. The first-order valence-electron chi connectivity index (χ1n) is 8.30. The SMILES string of the molecule is Cc1ccc(NCc2nc(N3CCN(C)CC3)ccc2C#N)cc1. The summed E-state index contributed by atoms with van der Waals surface area (Å²) in [6, 6.07) is 14.3. The molecule has 0 amide bonds. The molecule has 1 aromatic heterocycles. The zero-order chi connectivity index (χ0) is 16.9. The second-order valence-corrected chi connectivity index (χ2v) is 6.29.